The average molecular weight is 340 g/mol. The van der Waals surface area contributed by atoms with Gasteiger partial charge in [0.2, 0.25) is 0 Å². The van der Waals surface area contributed by atoms with Crippen molar-refractivity contribution < 1.29 is 8.78 Å². The molecule has 0 saturated heterocycles. The van der Waals surface area contributed by atoms with Crippen molar-refractivity contribution in [3.63, 3.8) is 0 Å². The van der Waals surface area contributed by atoms with Crippen LogP contribution < -0.4 is 5.32 Å². The first kappa shape index (κ1) is 15.1. The summed E-state index contributed by atoms with van der Waals surface area (Å²) in [5.41, 5.74) is 2.48. The minimum Gasteiger partial charge on any atom is -0.306 e. The molecule has 0 saturated carbocycles. The van der Waals surface area contributed by atoms with Crippen LogP contribution in [0.4, 0.5) is 8.78 Å². The van der Waals surface area contributed by atoms with Gasteiger partial charge in [0, 0.05) is 16.1 Å². The Balaban J connectivity index is 2.53. The maximum Gasteiger partial charge on any atom is 0.131 e. The van der Waals surface area contributed by atoms with E-state index in [0.29, 0.717) is 12.1 Å². The van der Waals surface area contributed by atoms with Gasteiger partial charge in [-0.3, -0.25) is 0 Å². The smallest absolute Gasteiger partial charge is 0.131 e. The highest BCUT2D eigenvalue weighted by Crippen LogP contribution is 2.30. The second kappa shape index (κ2) is 6.46. The van der Waals surface area contributed by atoms with Crippen molar-refractivity contribution >= 4 is 15.9 Å². The summed E-state index contributed by atoms with van der Waals surface area (Å²) in [6.07, 6.45) is 0. The number of benzene rings is 2. The molecule has 1 nitrogen and oxygen atoms in total. The van der Waals surface area contributed by atoms with Gasteiger partial charge in [0.1, 0.15) is 11.6 Å². The molecule has 0 spiro atoms. The lowest BCUT2D eigenvalue weighted by molar-refractivity contribution is 0.540. The van der Waals surface area contributed by atoms with Gasteiger partial charge < -0.3 is 5.32 Å². The van der Waals surface area contributed by atoms with Crippen molar-refractivity contribution in [2.75, 3.05) is 6.54 Å². The lowest BCUT2D eigenvalue weighted by Gasteiger charge is -2.22. The molecule has 2 aromatic rings. The Hall–Kier alpha value is -1.26. The van der Waals surface area contributed by atoms with Gasteiger partial charge >= 0.3 is 0 Å². The van der Waals surface area contributed by atoms with Gasteiger partial charge in [-0.1, -0.05) is 41.1 Å². The van der Waals surface area contributed by atoms with E-state index in [4.69, 9.17) is 0 Å². The van der Waals surface area contributed by atoms with Crippen molar-refractivity contribution in [1.29, 1.82) is 0 Å². The highest BCUT2D eigenvalue weighted by atomic mass is 79.9. The van der Waals surface area contributed by atoms with Crippen LogP contribution >= 0.6 is 15.9 Å². The molecule has 20 heavy (non-hydrogen) atoms. The van der Waals surface area contributed by atoms with E-state index < -0.39 is 11.6 Å². The summed E-state index contributed by atoms with van der Waals surface area (Å²) < 4.78 is 28.1. The summed E-state index contributed by atoms with van der Waals surface area (Å²) in [5.74, 6) is -1.09. The first-order valence-corrected chi connectivity index (χ1v) is 7.27. The molecule has 0 amide bonds. The van der Waals surface area contributed by atoms with Crippen LogP contribution in [0.3, 0.4) is 0 Å². The third-order valence-corrected chi connectivity index (χ3v) is 4.16. The standard InChI is InChI=1S/C16H16BrF2N/c1-3-20-16(12-5-4-6-14(17)10(12)2)13-8-7-11(18)9-15(13)19/h4-9,16,20H,3H2,1-2H3. The molecule has 1 atom stereocenters. The molecule has 0 heterocycles. The van der Waals surface area contributed by atoms with E-state index in [1.807, 2.05) is 32.0 Å². The van der Waals surface area contributed by atoms with Crippen LogP contribution in [0.25, 0.3) is 0 Å². The van der Waals surface area contributed by atoms with E-state index in [0.717, 1.165) is 21.7 Å². The zero-order chi connectivity index (χ0) is 14.7. The fourth-order valence-corrected chi connectivity index (χ4v) is 2.65. The van der Waals surface area contributed by atoms with E-state index in [1.54, 1.807) is 0 Å². The maximum absolute atomic E-state index is 14.1. The second-order valence-corrected chi connectivity index (χ2v) is 5.46. The summed E-state index contributed by atoms with van der Waals surface area (Å²) in [5, 5.41) is 3.26. The SMILES string of the molecule is CCNC(c1ccc(F)cc1F)c1cccc(Br)c1C. The van der Waals surface area contributed by atoms with Crippen LogP contribution in [0, 0.1) is 18.6 Å². The summed E-state index contributed by atoms with van der Waals surface area (Å²) in [4.78, 5) is 0. The molecule has 2 aromatic carbocycles. The molecule has 1 N–H and O–H groups in total. The Labute approximate surface area is 126 Å². The Morgan fingerprint density at radius 3 is 2.55 bits per heavy atom. The molecule has 2 rings (SSSR count). The fraction of sp³-hybridized carbons (Fsp3) is 0.250. The summed E-state index contributed by atoms with van der Waals surface area (Å²) >= 11 is 3.49. The van der Waals surface area contributed by atoms with Crippen LogP contribution in [0.2, 0.25) is 0 Å². The largest absolute Gasteiger partial charge is 0.306 e. The lowest BCUT2D eigenvalue weighted by Crippen LogP contribution is -2.24. The molecule has 106 valence electrons. The number of nitrogens with one attached hydrogen (secondary N) is 1. The molecular formula is C16H16BrF2N. The zero-order valence-electron chi connectivity index (χ0n) is 11.4. The van der Waals surface area contributed by atoms with Gasteiger partial charge in [-0.2, -0.15) is 0 Å². The number of halogens is 3. The molecule has 4 heteroatoms. The van der Waals surface area contributed by atoms with Gasteiger partial charge in [-0.15, -0.1) is 0 Å². The average Bonchev–Trinajstić information content (AvgIpc) is 2.40. The van der Waals surface area contributed by atoms with E-state index >= 15 is 0 Å². The molecule has 0 aliphatic rings. The fourth-order valence-electron chi connectivity index (χ4n) is 2.26. The molecule has 0 radical (unpaired) electrons. The summed E-state index contributed by atoms with van der Waals surface area (Å²) in [7, 11) is 0. The second-order valence-electron chi connectivity index (χ2n) is 4.61. The molecule has 0 fully saturated rings. The van der Waals surface area contributed by atoms with E-state index in [1.165, 1.54) is 12.1 Å². The van der Waals surface area contributed by atoms with Crippen molar-refractivity contribution in [3.8, 4) is 0 Å². The summed E-state index contributed by atoms with van der Waals surface area (Å²) in [6.45, 7) is 4.63. The quantitative estimate of drug-likeness (QED) is 0.848. The van der Waals surface area contributed by atoms with Crippen LogP contribution in [0.5, 0.6) is 0 Å². The first-order valence-electron chi connectivity index (χ1n) is 6.48. The summed E-state index contributed by atoms with van der Waals surface area (Å²) in [6, 6.07) is 9.23. The first-order chi connectivity index (χ1) is 9.54. The highest BCUT2D eigenvalue weighted by molar-refractivity contribution is 9.10. The normalized spacial score (nSPS) is 12.4. The number of hydrogen-bond donors (Lipinski definition) is 1. The number of rotatable bonds is 4. The Morgan fingerprint density at radius 2 is 1.90 bits per heavy atom. The van der Waals surface area contributed by atoms with Gasteiger partial charge in [-0.05, 0) is 36.7 Å². The molecule has 0 aromatic heterocycles. The Kier molecular flexibility index (Phi) is 4.89. The van der Waals surface area contributed by atoms with Crippen LogP contribution in [-0.4, -0.2) is 6.54 Å². The van der Waals surface area contributed by atoms with E-state index in [2.05, 4.69) is 21.2 Å². The van der Waals surface area contributed by atoms with Gasteiger partial charge in [0.05, 0.1) is 6.04 Å². The van der Waals surface area contributed by atoms with Crippen LogP contribution in [-0.2, 0) is 0 Å². The zero-order valence-corrected chi connectivity index (χ0v) is 13.0. The topological polar surface area (TPSA) is 12.0 Å². The van der Waals surface area contributed by atoms with Crippen molar-refractivity contribution in [3.05, 3.63) is 69.2 Å². The van der Waals surface area contributed by atoms with Gasteiger partial charge in [-0.25, -0.2) is 8.78 Å². The molecule has 1 unspecified atom stereocenters. The van der Waals surface area contributed by atoms with Crippen LogP contribution in [0.1, 0.15) is 29.7 Å². The van der Waals surface area contributed by atoms with E-state index in [9.17, 15) is 8.78 Å². The molecule has 0 bridgehead atoms. The predicted molar refractivity (Wildman–Crippen MR) is 80.8 cm³/mol. The maximum atomic E-state index is 14.1. The Morgan fingerprint density at radius 1 is 1.15 bits per heavy atom. The molecule has 0 aliphatic heterocycles. The van der Waals surface area contributed by atoms with Gasteiger partial charge in [0.25, 0.3) is 0 Å². The third kappa shape index (κ3) is 3.07. The van der Waals surface area contributed by atoms with Crippen LogP contribution in [0.15, 0.2) is 40.9 Å². The molecule has 0 aliphatic carbocycles. The predicted octanol–water partition coefficient (Wildman–Crippen LogP) is 4.73. The minimum absolute atomic E-state index is 0.293. The van der Waals surface area contributed by atoms with Crippen molar-refractivity contribution in [2.24, 2.45) is 0 Å². The molecular weight excluding hydrogens is 324 g/mol. The van der Waals surface area contributed by atoms with Crippen molar-refractivity contribution in [2.45, 2.75) is 19.9 Å². The van der Waals surface area contributed by atoms with Crippen molar-refractivity contribution in [1.82, 2.24) is 5.32 Å². The Bertz CT molecular complexity index is 613. The lowest BCUT2D eigenvalue weighted by atomic mass is 9.94. The minimum atomic E-state index is -0.563. The number of hydrogen-bond acceptors (Lipinski definition) is 1. The third-order valence-electron chi connectivity index (χ3n) is 3.30. The monoisotopic (exact) mass is 339 g/mol. The van der Waals surface area contributed by atoms with E-state index in [-0.39, 0.29) is 6.04 Å². The van der Waals surface area contributed by atoms with Gasteiger partial charge in [0.15, 0.2) is 0 Å². The highest BCUT2D eigenvalue weighted by Gasteiger charge is 2.19.